The van der Waals surface area contributed by atoms with Gasteiger partial charge in [-0.15, -0.1) is 0 Å². The van der Waals surface area contributed by atoms with Crippen molar-refractivity contribution >= 4 is 40.6 Å². The SMILES string of the molecule is CC(=O)c1nc2c(C(C)C)c(C(=O)O)cnn2c1-c1cc(Cl)cc(Cl)c1. The van der Waals surface area contributed by atoms with Gasteiger partial charge in [-0.05, 0) is 24.1 Å². The first-order valence-corrected chi connectivity index (χ1v) is 8.58. The molecule has 0 saturated carbocycles. The van der Waals surface area contributed by atoms with Crippen molar-refractivity contribution in [2.45, 2.75) is 26.7 Å². The van der Waals surface area contributed by atoms with E-state index in [1.807, 2.05) is 13.8 Å². The van der Waals surface area contributed by atoms with E-state index < -0.39 is 5.97 Å². The van der Waals surface area contributed by atoms with Crippen molar-refractivity contribution in [1.29, 1.82) is 0 Å². The Morgan fingerprint density at radius 3 is 2.27 bits per heavy atom. The normalized spacial score (nSPS) is 11.3. The van der Waals surface area contributed by atoms with Crippen LogP contribution < -0.4 is 0 Å². The molecule has 0 spiro atoms. The predicted molar refractivity (Wildman–Crippen MR) is 99.5 cm³/mol. The smallest absolute Gasteiger partial charge is 0.337 e. The Labute approximate surface area is 159 Å². The molecule has 2 aromatic heterocycles. The van der Waals surface area contributed by atoms with Gasteiger partial charge in [0.1, 0.15) is 11.4 Å². The van der Waals surface area contributed by atoms with Gasteiger partial charge in [-0.2, -0.15) is 5.10 Å². The van der Waals surface area contributed by atoms with Crippen molar-refractivity contribution in [3.8, 4) is 11.3 Å². The number of nitrogens with zero attached hydrogens (tertiary/aromatic N) is 3. The summed E-state index contributed by atoms with van der Waals surface area (Å²) in [6.45, 7) is 5.12. The number of ketones is 1. The monoisotopic (exact) mass is 391 g/mol. The topological polar surface area (TPSA) is 84.6 Å². The van der Waals surface area contributed by atoms with Gasteiger partial charge in [0.2, 0.25) is 0 Å². The third-order valence-corrected chi connectivity index (χ3v) is 4.40. The number of Topliss-reactive ketones (excluding diaryl/α,β-unsaturated/α-hetero) is 1. The summed E-state index contributed by atoms with van der Waals surface area (Å²) < 4.78 is 1.47. The second kappa shape index (κ2) is 6.70. The first-order valence-electron chi connectivity index (χ1n) is 7.83. The zero-order chi connectivity index (χ0) is 19.2. The molecule has 26 heavy (non-hydrogen) atoms. The lowest BCUT2D eigenvalue weighted by Gasteiger charge is -2.11. The molecule has 0 aliphatic heterocycles. The Kier molecular flexibility index (Phi) is 4.73. The average molecular weight is 392 g/mol. The maximum atomic E-state index is 12.2. The summed E-state index contributed by atoms with van der Waals surface area (Å²) in [4.78, 5) is 28.2. The Morgan fingerprint density at radius 2 is 1.77 bits per heavy atom. The van der Waals surface area contributed by atoms with E-state index in [0.29, 0.717) is 32.5 Å². The maximum Gasteiger partial charge on any atom is 0.337 e. The van der Waals surface area contributed by atoms with E-state index in [2.05, 4.69) is 10.1 Å². The molecular formula is C18H15Cl2N3O3. The van der Waals surface area contributed by atoms with Crippen LogP contribution in [-0.2, 0) is 0 Å². The molecule has 0 bridgehead atoms. The van der Waals surface area contributed by atoms with Crippen molar-refractivity contribution in [2.24, 2.45) is 0 Å². The average Bonchev–Trinajstić information content (AvgIpc) is 2.92. The number of aromatic carboxylic acids is 1. The number of hydrogen-bond acceptors (Lipinski definition) is 4. The summed E-state index contributed by atoms with van der Waals surface area (Å²) in [5.41, 5.74) is 2.08. The van der Waals surface area contributed by atoms with Gasteiger partial charge in [-0.1, -0.05) is 37.0 Å². The number of imidazole rings is 1. The summed E-state index contributed by atoms with van der Waals surface area (Å²) in [6.07, 6.45) is 1.27. The summed E-state index contributed by atoms with van der Waals surface area (Å²) in [5, 5.41) is 14.5. The number of halogens is 2. The molecule has 3 rings (SSSR count). The fourth-order valence-electron chi connectivity index (χ4n) is 2.94. The molecule has 8 heteroatoms. The summed E-state index contributed by atoms with van der Waals surface area (Å²) in [7, 11) is 0. The van der Waals surface area contributed by atoms with Crippen LogP contribution in [0, 0.1) is 0 Å². The van der Waals surface area contributed by atoms with Gasteiger partial charge in [0, 0.05) is 28.1 Å². The van der Waals surface area contributed by atoms with Crippen LogP contribution in [0.3, 0.4) is 0 Å². The second-order valence-electron chi connectivity index (χ2n) is 6.19. The zero-order valence-corrected chi connectivity index (χ0v) is 15.8. The van der Waals surface area contributed by atoms with E-state index in [4.69, 9.17) is 23.2 Å². The molecule has 6 nitrogen and oxygen atoms in total. The molecule has 2 heterocycles. The van der Waals surface area contributed by atoms with Crippen molar-refractivity contribution in [2.75, 3.05) is 0 Å². The van der Waals surface area contributed by atoms with Gasteiger partial charge in [0.25, 0.3) is 0 Å². The Bertz CT molecular complexity index is 1040. The van der Waals surface area contributed by atoms with Crippen LogP contribution in [0.2, 0.25) is 10.0 Å². The fraction of sp³-hybridized carbons (Fsp3) is 0.222. The first kappa shape index (κ1) is 18.4. The first-order chi connectivity index (χ1) is 12.2. The van der Waals surface area contributed by atoms with E-state index in [0.717, 1.165) is 0 Å². The number of carbonyl (C=O) groups is 2. The van der Waals surface area contributed by atoms with E-state index in [1.54, 1.807) is 18.2 Å². The van der Waals surface area contributed by atoms with Crippen molar-refractivity contribution in [3.63, 3.8) is 0 Å². The maximum absolute atomic E-state index is 12.2. The van der Waals surface area contributed by atoms with Crippen molar-refractivity contribution < 1.29 is 14.7 Å². The predicted octanol–water partition coefficient (Wildman–Crippen LogP) is 4.73. The third-order valence-electron chi connectivity index (χ3n) is 3.97. The molecular weight excluding hydrogens is 377 g/mol. The zero-order valence-electron chi connectivity index (χ0n) is 14.2. The standard InChI is InChI=1S/C18H15Cl2N3O3/c1-8(2)14-13(18(25)26)7-21-23-16(15(9(3)24)22-17(14)23)10-4-11(19)6-12(20)5-10/h4-8H,1-3H3,(H,25,26). The summed E-state index contributed by atoms with van der Waals surface area (Å²) in [6, 6.07) is 4.90. The number of benzene rings is 1. The van der Waals surface area contributed by atoms with Crippen LogP contribution in [0.4, 0.5) is 0 Å². The number of aromatic nitrogens is 3. The largest absolute Gasteiger partial charge is 0.478 e. The highest BCUT2D eigenvalue weighted by molar-refractivity contribution is 6.35. The minimum atomic E-state index is -1.09. The lowest BCUT2D eigenvalue weighted by Crippen LogP contribution is -2.09. The lowest BCUT2D eigenvalue weighted by molar-refractivity contribution is 0.0694. The van der Waals surface area contributed by atoms with E-state index in [9.17, 15) is 14.7 Å². The quantitative estimate of drug-likeness (QED) is 0.649. The highest BCUT2D eigenvalue weighted by atomic mass is 35.5. The highest BCUT2D eigenvalue weighted by Crippen LogP contribution is 2.33. The van der Waals surface area contributed by atoms with E-state index in [-0.39, 0.29) is 23.0 Å². The van der Waals surface area contributed by atoms with Gasteiger partial charge in [-0.3, -0.25) is 4.79 Å². The molecule has 0 fully saturated rings. The number of carbonyl (C=O) groups excluding carboxylic acids is 1. The van der Waals surface area contributed by atoms with Crippen LogP contribution in [0.5, 0.6) is 0 Å². The summed E-state index contributed by atoms with van der Waals surface area (Å²) >= 11 is 12.2. The Balaban J connectivity index is 2.46. The van der Waals surface area contributed by atoms with Crippen LogP contribution >= 0.6 is 23.2 Å². The molecule has 0 saturated heterocycles. The van der Waals surface area contributed by atoms with Crippen LogP contribution in [0.1, 0.15) is 53.1 Å². The molecule has 0 aliphatic carbocycles. The van der Waals surface area contributed by atoms with Crippen LogP contribution in [0.25, 0.3) is 16.9 Å². The van der Waals surface area contributed by atoms with Crippen molar-refractivity contribution in [1.82, 2.24) is 14.6 Å². The number of carboxylic acid groups (broad SMARTS) is 1. The lowest BCUT2D eigenvalue weighted by atomic mass is 10.00. The van der Waals surface area contributed by atoms with Gasteiger partial charge in [0.15, 0.2) is 11.4 Å². The number of carboxylic acids is 1. The Morgan fingerprint density at radius 1 is 1.15 bits per heavy atom. The molecule has 1 N–H and O–H groups in total. The molecule has 1 aromatic carbocycles. The van der Waals surface area contributed by atoms with E-state index in [1.165, 1.54) is 17.6 Å². The second-order valence-corrected chi connectivity index (χ2v) is 7.06. The fourth-order valence-corrected chi connectivity index (χ4v) is 3.47. The van der Waals surface area contributed by atoms with Gasteiger partial charge >= 0.3 is 5.97 Å². The Hall–Kier alpha value is -2.44. The minimum absolute atomic E-state index is 0.0586. The molecule has 0 atom stereocenters. The number of rotatable bonds is 4. The molecule has 134 valence electrons. The van der Waals surface area contributed by atoms with Gasteiger partial charge in [0.05, 0.1) is 11.8 Å². The number of hydrogen-bond donors (Lipinski definition) is 1. The number of fused-ring (bicyclic) bond motifs is 1. The van der Waals surface area contributed by atoms with Crippen LogP contribution in [0.15, 0.2) is 24.4 Å². The minimum Gasteiger partial charge on any atom is -0.478 e. The molecule has 0 aliphatic rings. The van der Waals surface area contributed by atoms with Crippen LogP contribution in [-0.4, -0.2) is 31.5 Å². The molecule has 0 amide bonds. The summed E-state index contributed by atoms with van der Waals surface area (Å²) in [5.74, 6) is -1.50. The van der Waals surface area contributed by atoms with Gasteiger partial charge in [-0.25, -0.2) is 14.3 Å². The third kappa shape index (κ3) is 3.06. The molecule has 0 unspecified atom stereocenters. The molecule has 3 aromatic rings. The van der Waals surface area contributed by atoms with Crippen molar-refractivity contribution in [3.05, 3.63) is 51.3 Å². The van der Waals surface area contributed by atoms with Gasteiger partial charge < -0.3 is 5.11 Å². The molecule has 0 radical (unpaired) electrons. The van der Waals surface area contributed by atoms with E-state index >= 15 is 0 Å². The highest BCUT2D eigenvalue weighted by Gasteiger charge is 2.25.